The lowest BCUT2D eigenvalue weighted by atomic mass is 9.81. The summed E-state index contributed by atoms with van der Waals surface area (Å²) in [5, 5.41) is 23.6. The Hall–Kier alpha value is -4.68. The number of esters is 1. The van der Waals surface area contributed by atoms with E-state index in [1.165, 1.54) is 48.5 Å². The van der Waals surface area contributed by atoms with Crippen LogP contribution in [-0.4, -0.2) is 76.5 Å². The molecule has 1 aliphatic rings. The van der Waals surface area contributed by atoms with Crippen LogP contribution in [0.2, 0.25) is 18.1 Å². The number of hydrogen-bond donors (Lipinski definition) is 1. The van der Waals surface area contributed by atoms with Gasteiger partial charge in [-0.05, 0) is 60.4 Å². The summed E-state index contributed by atoms with van der Waals surface area (Å²) in [5.41, 5.74) is 0.666. The minimum atomic E-state index is -2.38. The number of non-ortho nitro benzene ring substituents is 2. The van der Waals surface area contributed by atoms with Gasteiger partial charge < -0.3 is 19.2 Å². The van der Waals surface area contributed by atoms with Crippen molar-refractivity contribution in [1.82, 2.24) is 10.2 Å². The number of nitro benzene ring substituents is 2. The summed E-state index contributed by atoms with van der Waals surface area (Å²) in [5.74, 6) is -3.98. The Morgan fingerprint density at radius 1 is 0.920 bits per heavy atom. The maximum atomic E-state index is 13.4. The molecule has 1 N–H and O–H groups in total. The molecule has 50 heavy (non-hydrogen) atoms. The maximum Gasteiger partial charge on any atom is 0.407 e. The van der Waals surface area contributed by atoms with Crippen molar-refractivity contribution >= 4 is 60.4 Å². The number of hydrogen-bond acceptors (Lipinski definition) is 13. The van der Waals surface area contributed by atoms with Gasteiger partial charge in [0.25, 0.3) is 11.4 Å². The van der Waals surface area contributed by atoms with Crippen LogP contribution < -0.4 is 5.32 Å². The highest BCUT2D eigenvalue weighted by atomic mass is 32.2. The molecule has 1 saturated heterocycles. The molecule has 0 spiro atoms. The van der Waals surface area contributed by atoms with E-state index in [0.717, 1.165) is 16.7 Å². The number of thioether (sulfide) groups is 1. The molecule has 3 rings (SSSR count). The second-order valence-corrected chi connectivity index (χ2v) is 18.9. The SMILES string of the molecule is C[C@@H](O[Si](C)(C)C(C)(C)C)[C@H]1C(=O)N(C(=O)C(=O)OCc2ccc([N+](=O)[O-])cc2)[C@@H]1CC(=O)SCCNC(=O)OCc1ccc([N+](=O)[O-])cc1. The van der Waals surface area contributed by atoms with Gasteiger partial charge in [-0.15, -0.1) is 0 Å². The standard InChI is InChI=1S/C32H40N4O12SSi/c1-20(48-50(5,6)32(2,3)4)27-25(34(28(27)38)29(39)30(40)46-18-21-7-11-23(12-8-21)35(42)43)17-26(37)49-16-15-33-31(41)47-19-22-9-13-24(14-10-22)36(44)45/h7-14,20,25,27H,15-19H2,1-6H3,(H,33,41)/t20-,25-,27-/m1/s1. The minimum Gasteiger partial charge on any atom is -0.454 e. The highest BCUT2D eigenvalue weighted by Gasteiger charge is 2.56. The van der Waals surface area contributed by atoms with Gasteiger partial charge in [-0.3, -0.25) is 39.5 Å². The summed E-state index contributed by atoms with van der Waals surface area (Å²) in [6, 6.07) is 9.70. The third-order valence-corrected chi connectivity index (χ3v) is 14.0. The Balaban J connectivity index is 1.59. The number of rotatable bonds is 14. The summed E-state index contributed by atoms with van der Waals surface area (Å²) in [6.07, 6.45) is -1.71. The van der Waals surface area contributed by atoms with Crippen LogP contribution in [0, 0.1) is 26.1 Å². The molecule has 0 radical (unpaired) electrons. The molecule has 0 unspecified atom stereocenters. The lowest BCUT2D eigenvalue weighted by Gasteiger charge is -2.49. The number of imide groups is 1. The number of nitrogens with zero attached hydrogens (tertiary/aromatic N) is 3. The molecule has 1 fully saturated rings. The number of carbonyl (C=O) groups excluding carboxylic acids is 5. The maximum absolute atomic E-state index is 13.4. The molecule has 16 nitrogen and oxygen atoms in total. The monoisotopic (exact) mass is 732 g/mol. The van der Waals surface area contributed by atoms with Gasteiger partial charge in [0, 0.05) is 43.0 Å². The number of β-lactam (4-membered cyclic amide) rings is 1. The van der Waals surface area contributed by atoms with E-state index < -0.39 is 65.2 Å². The fourth-order valence-corrected chi connectivity index (χ4v) is 6.90. The number of likely N-dealkylation sites (tertiary alicyclic amines) is 1. The van der Waals surface area contributed by atoms with E-state index >= 15 is 0 Å². The Kier molecular flexibility index (Phi) is 13.4. The molecule has 0 bridgehead atoms. The molecule has 1 heterocycles. The van der Waals surface area contributed by atoms with E-state index in [2.05, 4.69) is 5.32 Å². The normalized spacial score (nSPS) is 16.5. The minimum absolute atomic E-state index is 0.0467. The summed E-state index contributed by atoms with van der Waals surface area (Å²) in [7, 11) is -2.38. The molecule has 3 amide bonds. The fourth-order valence-electron chi connectivity index (χ4n) is 4.75. The van der Waals surface area contributed by atoms with Crippen LogP contribution in [0.3, 0.4) is 0 Å². The Morgan fingerprint density at radius 3 is 1.90 bits per heavy atom. The molecule has 0 aromatic heterocycles. The van der Waals surface area contributed by atoms with Crippen LogP contribution in [0.25, 0.3) is 0 Å². The molecule has 1 aliphatic heterocycles. The zero-order valence-electron chi connectivity index (χ0n) is 28.5. The quantitative estimate of drug-likeness (QED) is 0.0522. The van der Waals surface area contributed by atoms with Gasteiger partial charge in [0.1, 0.15) is 13.2 Å². The van der Waals surface area contributed by atoms with Crippen LogP contribution in [-0.2, 0) is 46.3 Å². The molecule has 0 saturated carbocycles. The summed E-state index contributed by atoms with van der Waals surface area (Å²) >= 11 is 0.861. The fraction of sp³-hybridized carbons (Fsp3) is 0.469. The average Bonchev–Trinajstić information content (AvgIpc) is 3.03. The lowest BCUT2D eigenvalue weighted by Crippen LogP contribution is -2.68. The molecule has 3 atom stereocenters. The summed E-state index contributed by atoms with van der Waals surface area (Å²) < 4.78 is 16.6. The van der Waals surface area contributed by atoms with Crippen LogP contribution >= 0.6 is 11.8 Å². The third kappa shape index (κ3) is 10.4. The Labute approximate surface area is 293 Å². The number of carbonyl (C=O) groups is 5. The van der Waals surface area contributed by atoms with Gasteiger partial charge in [-0.1, -0.05) is 32.5 Å². The van der Waals surface area contributed by atoms with Crippen LogP contribution in [0.4, 0.5) is 16.2 Å². The summed E-state index contributed by atoms with van der Waals surface area (Å²) in [4.78, 5) is 85.6. The number of nitro groups is 2. The lowest BCUT2D eigenvalue weighted by molar-refractivity contribution is -0.385. The number of alkyl carbamates (subject to hydrolysis) is 1. The van der Waals surface area contributed by atoms with E-state index in [0.29, 0.717) is 11.1 Å². The number of benzene rings is 2. The molecular weight excluding hydrogens is 693 g/mol. The van der Waals surface area contributed by atoms with Crippen LogP contribution in [0.5, 0.6) is 0 Å². The van der Waals surface area contributed by atoms with E-state index in [9.17, 15) is 44.2 Å². The molecule has 2 aromatic carbocycles. The second-order valence-electron chi connectivity index (χ2n) is 13.0. The molecule has 18 heteroatoms. The topological polar surface area (TPSA) is 215 Å². The predicted octanol–water partition coefficient (Wildman–Crippen LogP) is 4.89. The van der Waals surface area contributed by atoms with E-state index in [1.807, 2.05) is 33.9 Å². The first-order valence-corrected chi connectivity index (χ1v) is 19.5. The molecular formula is C32H40N4O12SSi. The van der Waals surface area contributed by atoms with E-state index in [-0.39, 0.29) is 48.3 Å². The van der Waals surface area contributed by atoms with Crippen molar-refractivity contribution in [3.63, 3.8) is 0 Å². The number of amides is 3. The van der Waals surface area contributed by atoms with Gasteiger partial charge in [-0.25, -0.2) is 9.59 Å². The van der Waals surface area contributed by atoms with E-state index in [1.54, 1.807) is 6.92 Å². The Morgan fingerprint density at radius 2 is 1.42 bits per heavy atom. The molecule has 0 aliphatic carbocycles. The first kappa shape index (κ1) is 39.8. The van der Waals surface area contributed by atoms with Crippen molar-refractivity contribution in [3.8, 4) is 0 Å². The van der Waals surface area contributed by atoms with Gasteiger partial charge in [0.2, 0.25) is 5.91 Å². The average molecular weight is 733 g/mol. The predicted molar refractivity (Wildman–Crippen MR) is 183 cm³/mol. The highest BCUT2D eigenvalue weighted by Crippen LogP contribution is 2.41. The van der Waals surface area contributed by atoms with Crippen molar-refractivity contribution in [2.45, 2.75) is 77.6 Å². The first-order chi connectivity index (χ1) is 23.3. The number of nitrogens with one attached hydrogen (secondary N) is 1. The van der Waals surface area contributed by atoms with Crippen molar-refractivity contribution in [2.24, 2.45) is 5.92 Å². The molecule has 270 valence electrons. The van der Waals surface area contributed by atoms with Crippen molar-refractivity contribution in [3.05, 3.63) is 79.9 Å². The zero-order chi connectivity index (χ0) is 37.4. The van der Waals surface area contributed by atoms with Gasteiger partial charge in [0.05, 0.1) is 27.9 Å². The number of ether oxygens (including phenoxy) is 2. The Bertz CT molecular complexity index is 1610. The third-order valence-electron chi connectivity index (χ3n) is 8.50. The largest absolute Gasteiger partial charge is 0.454 e. The smallest absolute Gasteiger partial charge is 0.407 e. The van der Waals surface area contributed by atoms with Crippen molar-refractivity contribution < 1.29 is 47.7 Å². The molecule has 2 aromatic rings. The summed E-state index contributed by atoms with van der Waals surface area (Å²) in [6.45, 7) is 11.4. The van der Waals surface area contributed by atoms with Gasteiger partial charge >= 0.3 is 18.0 Å². The first-order valence-electron chi connectivity index (χ1n) is 15.6. The second kappa shape index (κ2) is 16.8. The van der Waals surface area contributed by atoms with Crippen LogP contribution in [0.15, 0.2) is 48.5 Å². The highest BCUT2D eigenvalue weighted by molar-refractivity contribution is 8.13. The van der Waals surface area contributed by atoms with Crippen molar-refractivity contribution in [1.29, 1.82) is 0 Å². The van der Waals surface area contributed by atoms with E-state index in [4.69, 9.17) is 13.9 Å². The zero-order valence-corrected chi connectivity index (χ0v) is 30.4. The van der Waals surface area contributed by atoms with Gasteiger partial charge in [0.15, 0.2) is 13.4 Å². The van der Waals surface area contributed by atoms with Gasteiger partial charge in [-0.2, -0.15) is 0 Å². The van der Waals surface area contributed by atoms with Crippen LogP contribution in [0.1, 0.15) is 45.2 Å². The van der Waals surface area contributed by atoms with Crippen molar-refractivity contribution in [2.75, 3.05) is 12.3 Å².